The monoisotopic (exact) mass is 668 g/mol. The predicted molar refractivity (Wildman–Crippen MR) is 167 cm³/mol. The molecule has 0 aromatic rings. The van der Waals surface area contributed by atoms with Crippen LogP contribution in [0.15, 0.2) is 0 Å². The number of carbonyl (C=O) groups is 1. The zero-order valence-electron chi connectivity index (χ0n) is 27.5. The lowest BCUT2D eigenvalue weighted by molar-refractivity contribution is -0.284. The molecule has 0 unspecified atom stereocenters. The largest absolute Gasteiger partial charge is 0.453 e. The number of rotatable bonds is 16. The lowest BCUT2D eigenvalue weighted by atomic mass is 9.42. The van der Waals surface area contributed by atoms with Gasteiger partial charge < -0.3 is 5.11 Å². The second kappa shape index (κ2) is 14.8. The molecule has 4 rings (SSSR count). The Bertz CT molecular complexity index is 1090. The van der Waals surface area contributed by atoms with Crippen LogP contribution in [0.3, 0.4) is 0 Å². The summed E-state index contributed by atoms with van der Waals surface area (Å²) in [5, 5.41) is 10.9. The van der Waals surface area contributed by atoms with Crippen LogP contribution in [0.25, 0.3) is 0 Å². The standard InChI is InChI=1S/C35H57F5O4S/c1-32-19-16-27(41)24-26(32)23-25(31-28-14-15-30(42)33(28,2)20-17-29(31)32)13-10-8-6-4-3-5-7-9-11-21-45(43,44)22-12-18-34(36,37)35(38,39)40/h25-26,28-31,42H,3-24H2,1-2H3/t25-,26-,28-,29-,30-,31-,32-,33-/m0/s1. The van der Waals surface area contributed by atoms with E-state index in [0.29, 0.717) is 48.2 Å². The second-order valence-corrected chi connectivity index (χ2v) is 18.1. The number of unbranched alkanes of at least 4 members (excludes halogenated alkanes) is 8. The number of aliphatic hydroxyl groups excluding tert-OH is 1. The summed E-state index contributed by atoms with van der Waals surface area (Å²) in [5.41, 5.74) is 0.314. The molecule has 4 aliphatic carbocycles. The third-order valence-electron chi connectivity index (χ3n) is 13.0. The van der Waals surface area contributed by atoms with Crippen LogP contribution < -0.4 is 0 Å². The van der Waals surface area contributed by atoms with Gasteiger partial charge in [-0.25, -0.2) is 8.42 Å². The van der Waals surface area contributed by atoms with E-state index >= 15 is 0 Å². The number of ketones is 1. The van der Waals surface area contributed by atoms with Gasteiger partial charge in [-0.3, -0.25) is 4.79 Å². The average molecular weight is 669 g/mol. The molecule has 10 heteroatoms. The fourth-order valence-corrected chi connectivity index (χ4v) is 11.6. The summed E-state index contributed by atoms with van der Waals surface area (Å²) in [6.45, 7) is 4.82. The Hall–Kier alpha value is -0.770. The Labute approximate surface area is 268 Å². The van der Waals surface area contributed by atoms with Crippen LogP contribution in [0, 0.1) is 40.4 Å². The Morgan fingerprint density at radius 3 is 2.00 bits per heavy atom. The molecule has 0 bridgehead atoms. The molecule has 0 heterocycles. The fourth-order valence-electron chi connectivity index (χ4n) is 10.2. The van der Waals surface area contributed by atoms with E-state index in [2.05, 4.69) is 13.8 Å². The number of fused-ring (bicyclic) bond motifs is 5. The van der Waals surface area contributed by atoms with E-state index in [-0.39, 0.29) is 22.7 Å². The van der Waals surface area contributed by atoms with Gasteiger partial charge in [0.25, 0.3) is 0 Å². The predicted octanol–water partition coefficient (Wildman–Crippen LogP) is 9.48. The van der Waals surface area contributed by atoms with Crippen molar-refractivity contribution in [3.05, 3.63) is 0 Å². The van der Waals surface area contributed by atoms with Crippen LogP contribution in [0.2, 0.25) is 0 Å². The molecule has 8 atom stereocenters. The van der Waals surface area contributed by atoms with Gasteiger partial charge >= 0.3 is 12.1 Å². The number of halogens is 5. The molecule has 45 heavy (non-hydrogen) atoms. The van der Waals surface area contributed by atoms with Gasteiger partial charge in [0.2, 0.25) is 0 Å². The van der Waals surface area contributed by atoms with Gasteiger partial charge in [0.1, 0.15) is 15.6 Å². The number of aliphatic hydroxyl groups is 1. The van der Waals surface area contributed by atoms with Gasteiger partial charge in [0.05, 0.1) is 17.6 Å². The van der Waals surface area contributed by atoms with Crippen molar-refractivity contribution < 1.29 is 40.3 Å². The topological polar surface area (TPSA) is 71.4 Å². The summed E-state index contributed by atoms with van der Waals surface area (Å²) in [6.07, 6.45) is 10.0. The van der Waals surface area contributed by atoms with E-state index in [9.17, 15) is 40.3 Å². The minimum absolute atomic E-state index is 0.0473. The highest BCUT2D eigenvalue weighted by molar-refractivity contribution is 7.91. The van der Waals surface area contributed by atoms with E-state index in [0.717, 1.165) is 70.6 Å². The van der Waals surface area contributed by atoms with Crippen LogP contribution in [-0.4, -0.2) is 49.0 Å². The maximum absolute atomic E-state index is 13.0. The highest BCUT2D eigenvalue weighted by Gasteiger charge is 2.62. The van der Waals surface area contributed by atoms with Crippen LogP contribution in [0.1, 0.15) is 142 Å². The Kier molecular flexibility index (Phi) is 12.2. The van der Waals surface area contributed by atoms with E-state index in [1.54, 1.807) is 0 Å². The number of hydrogen-bond donors (Lipinski definition) is 1. The summed E-state index contributed by atoms with van der Waals surface area (Å²) in [5.74, 6) is -2.12. The maximum Gasteiger partial charge on any atom is 0.453 e. The van der Waals surface area contributed by atoms with E-state index in [4.69, 9.17) is 0 Å². The number of Topliss-reactive ketones (excluding diaryl/α,β-unsaturated/α-hetero) is 1. The summed E-state index contributed by atoms with van der Waals surface area (Å²) >= 11 is 0. The molecule has 0 spiro atoms. The summed E-state index contributed by atoms with van der Waals surface area (Å²) < 4.78 is 86.7. The van der Waals surface area contributed by atoms with Gasteiger partial charge in [-0.15, -0.1) is 0 Å². The van der Waals surface area contributed by atoms with Crippen molar-refractivity contribution in [3.8, 4) is 0 Å². The van der Waals surface area contributed by atoms with Gasteiger partial charge in [-0.2, -0.15) is 22.0 Å². The smallest absolute Gasteiger partial charge is 0.393 e. The lowest BCUT2D eigenvalue weighted by Gasteiger charge is -2.62. The van der Waals surface area contributed by atoms with E-state index in [1.165, 1.54) is 32.1 Å². The molecule has 4 saturated carbocycles. The number of sulfone groups is 1. The van der Waals surface area contributed by atoms with Crippen molar-refractivity contribution in [2.24, 2.45) is 40.4 Å². The third-order valence-corrected chi connectivity index (χ3v) is 14.8. The van der Waals surface area contributed by atoms with Crippen molar-refractivity contribution >= 4 is 15.6 Å². The molecule has 1 N–H and O–H groups in total. The molecule has 262 valence electrons. The van der Waals surface area contributed by atoms with E-state index in [1.807, 2.05) is 0 Å². The first kappa shape index (κ1) is 37.1. The highest BCUT2D eigenvalue weighted by Crippen LogP contribution is 2.67. The minimum atomic E-state index is -5.64. The summed E-state index contributed by atoms with van der Waals surface area (Å²) in [6, 6.07) is 0. The normalized spacial score (nSPS) is 35.6. The fraction of sp³-hybridized carbons (Fsp3) is 0.971. The first-order valence-electron chi connectivity index (χ1n) is 17.8. The SMILES string of the molecule is C[C@]12CCC(=O)C[C@@H]1C[C@H](CCCCCCCCCCCS(=O)(=O)CCCC(F)(F)C(F)(F)F)[C@@H]1[C@@H]2CC[C@]2(C)[C@@H](O)CC[C@@H]12. The van der Waals surface area contributed by atoms with Gasteiger partial charge in [0.15, 0.2) is 0 Å². The number of hydrogen-bond acceptors (Lipinski definition) is 4. The molecule has 0 aromatic carbocycles. The van der Waals surface area contributed by atoms with Crippen molar-refractivity contribution in [1.29, 1.82) is 0 Å². The molecule has 4 nitrogen and oxygen atoms in total. The highest BCUT2D eigenvalue weighted by atomic mass is 32.2. The molecule has 0 saturated heterocycles. The molecule has 4 aliphatic rings. The number of alkyl halides is 5. The molecular formula is C35H57F5O4S. The van der Waals surface area contributed by atoms with Crippen molar-refractivity contribution in [3.63, 3.8) is 0 Å². The zero-order chi connectivity index (χ0) is 33.1. The molecule has 4 fully saturated rings. The van der Waals surface area contributed by atoms with E-state index < -0.39 is 40.5 Å². The van der Waals surface area contributed by atoms with Crippen LogP contribution in [-0.2, 0) is 14.6 Å². The maximum atomic E-state index is 13.0. The van der Waals surface area contributed by atoms with Crippen LogP contribution >= 0.6 is 0 Å². The average Bonchev–Trinajstić information content (AvgIpc) is 3.25. The van der Waals surface area contributed by atoms with Crippen LogP contribution in [0.4, 0.5) is 22.0 Å². The van der Waals surface area contributed by atoms with Gasteiger partial charge in [-0.05, 0) is 91.8 Å². The summed E-state index contributed by atoms with van der Waals surface area (Å²) in [7, 11) is -3.63. The number of carbonyl (C=O) groups excluding carboxylic acids is 1. The second-order valence-electron chi connectivity index (χ2n) is 15.8. The summed E-state index contributed by atoms with van der Waals surface area (Å²) in [4.78, 5) is 12.5. The molecule has 0 amide bonds. The molecular weight excluding hydrogens is 611 g/mol. The lowest BCUT2D eigenvalue weighted by Crippen LogP contribution is -2.57. The quantitative estimate of drug-likeness (QED) is 0.131. The van der Waals surface area contributed by atoms with Crippen molar-refractivity contribution in [2.45, 2.75) is 160 Å². The zero-order valence-corrected chi connectivity index (χ0v) is 28.3. The van der Waals surface area contributed by atoms with Gasteiger partial charge in [0, 0.05) is 19.3 Å². The van der Waals surface area contributed by atoms with Crippen molar-refractivity contribution in [1.82, 2.24) is 0 Å². The minimum Gasteiger partial charge on any atom is -0.393 e. The molecule has 0 aliphatic heterocycles. The molecule has 0 radical (unpaired) electrons. The van der Waals surface area contributed by atoms with Crippen molar-refractivity contribution in [2.75, 3.05) is 11.5 Å². The van der Waals surface area contributed by atoms with Crippen LogP contribution in [0.5, 0.6) is 0 Å². The third kappa shape index (κ3) is 8.64. The Morgan fingerprint density at radius 2 is 1.36 bits per heavy atom. The first-order valence-corrected chi connectivity index (χ1v) is 19.7. The first-order chi connectivity index (χ1) is 21.0. The molecule has 0 aromatic heterocycles. The van der Waals surface area contributed by atoms with Gasteiger partial charge in [-0.1, -0.05) is 71.6 Å². The Balaban J connectivity index is 1.12. The Morgan fingerprint density at radius 1 is 0.778 bits per heavy atom.